The Labute approximate surface area is 118 Å². The molecule has 0 radical (unpaired) electrons. The third kappa shape index (κ3) is 3.69. The van der Waals surface area contributed by atoms with Crippen LogP contribution in [-0.4, -0.2) is 24.7 Å². The molecule has 1 fully saturated rings. The highest BCUT2D eigenvalue weighted by Gasteiger charge is 2.30. The van der Waals surface area contributed by atoms with Crippen LogP contribution >= 0.6 is 11.6 Å². The van der Waals surface area contributed by atoms with E-state index >= 15 is 0 Å². The van der Waals surface area contributed by atoms with E-state index < -0.39 is 0 Å². The van der Waals surface area contributed by atoms with E-state index in [1.165, 1.54) is 0 Å². The lowest BCUT2D eigenvalue weighted by Gasteiger charge is -2.18. The van der Waals surface area contributed by atoms with Gasteiger partial charge in [-0.05, 0) is 37.5 Å². The number of hydrogen-bond acceptors (Lipinski definition) is 3. The lowest BCUT2D eigenvalue weighted by molar-refractivity contribution is -0.132. The maximum atomic E-state index is 12.1. The van der Waals surface area contributed by atoms with Crippen LogP contribution in [0.25, 0.3) is 0 Å². The Morgan fingerprint density at radius 2 is 2.37 bits per heavy atom. The Bertz CT molecular complexity index is 453. The van der Waals surface area contributed by atoms with Crippen LogP contribution in [0.15, 0.2) is 24.3 Å². The van der Waals surface area contributed by atoms with Crippen molar-refractivity contribution >= 4 is 17.5 Å². The van der Waals surface area contributed by atoms with Crippen LogP contribution in [0.3, 0.4) is 0 Å². The Morgan fingerprint density at radius 1 is 1.58 bits per heavy atom. The molecule has 4 nitrogen and oxygen atoms in total. The van der Waals surface area contributed by atoms with Crippen LogP contribution in [0.2, 0.25) is 5.02 Å². The maximum absolute atomic E-state index is 12.1. The normalized spacial score (nSPS) is 24.2. The molecular formula is C14H19ClN2O2. The number of nitrogens with two attached hydrogens (primary N) is 1. The smallest absolute Gasteiger partial charge is 0.249 e. The van der Waals surface area contributed by atoms with Crippen LogP contribution in [0.4, 0.5) is 0 Å². The first-order chi connectivity index (χ1) is 9.10. The van der Waals surface area contributed by atoms with Crippen molar-refractivity contribution in [3.63, 3.8) is 0 Å². The van der Waals surface area contributed by atoms with E-state index in [4.69, 9.17) is 22.1 Å². The summed E-state index contributed by atoms with van der Waals surface area (Å²) in [6, 6.07) is 7.38. The first-order valence-corrected chi connectivity index (χ1v) is 6.89. The predicted octanol–water partition coefficient (Wildman–Crippen LogP) is 2.02. The lowest BCUT2D eigenvalue weighted by atomic mass is 10.1. The maximum Gasteiger partial charge on any atom is 0.249 e. The summed E-state index contributed by atoms with van der Waals surface area (Å²) >= 11 is 5.94. The summed E-state index contributed by atoms with van der Waals surface area (Å²) in [6.07, 6.45) is 1.21. The van der Waals surface area contributed by atoms with Gasteiger partial charge in [0.15, 0.2) is 0 Å². The van der Waals surface area contributed by atoms with E-state index in [1.54, 1.807) is 0 Å². The van der Waals surface area contributed by atoms with Gasteiger partial charge in [-0.25, -0.2) is 0 Å². The number of carbonyl (C=O) groups is 1. The van der Waals surface area contributed by atoms with E-state index in [2.05, 4.69) is 5.32 Å². The Balaban J connectivity index is 1.92. The molecule has 3 N–H and O–H groups in total. The van der Waals surface area contributed by atoms with Gasteiger partial charge in [0, 0.05) is 11.6 Å². The monoisotopic (exact) mass is 282 g/mol. The van der Waals surface area contributed by atoms with Crippen molar-refractivity contribution in [3.8, 4) is 0 Å². The third-order valence-corrected chi connectivity index (χ3v) is 3.61. The van der Waals surface area contributed by atoms with Crippen molar-refractivity contribution in [2.75, 3.05) is 6.54 Å². The van der Waals surface area contributed by atoms with Gasteiger partial charge in [-0.2, -0.15) is 0 Å². The molecule has 0 spiro atoms. The molecule has 1 aromatic rings. The van der Waals surface area contributed by atoms with Crippen molar-refractivity contribution in [3.05, 3.63) is 34.9 Å². The predicted molar refractivity (Wildman–Crippen MR) is 75.0 cm³/mol. The fourth-order valence-electron chi connectivity index (χ4n) is 2.24. The average molecular weight is 283 g/mol. The number of carbonyl (C=O) groups excluding carboxylic acids is 1. The van der Waals surface area contributed by atoms with Gasteiger partial charge < -0.3 is 15.8 Å². The highest BCUT2D eigenvalue weighted by Crippen LogP contribution is 2.21. The van der Waals surface area contributed by atoms with Gasteiger partial charge in [-0.1, -0.05) is 23.7 Å². The molecule has 0 bridgehead atoms. The SMILES string of the molecule is CC(NC(=O)C1CCC(CN)O1)c1cccc(Cl)c1. The summed E-state index contributed by atoms with van der Waals surface area (Å²) < 4.78 is 5.57. The van der Waals surface area contributed by atoms with Gasteiger partial charge in [0.1, 0.15) is 6.10 Å². The van der Waals surface area contributed by atoms with E-state index in [9.17, 15) is 4.79 Å². The zero-order valence-electron chi connectivity index (χ0n) is 10.9. The standard InChI is InChI=1S/C14H19ClN2O2/c1-9(10-3-2-4-11(15)7-10)17-14(18)13-6-5-12(8-16)19-13/h2-4,7,9,12-13H,5-6,8,16H2,1H3,(H,17,18). The molecule has 3 unspecified atom stereocenters. The van der Waals surface area contributed by atoms with E-state index in [0.29, 0.717) is 11.6 Å². The lowest BCUT2D eigenvalue weighted by Crippen LogP contribution is -2.36. The molecule has 1 heterocycles. The molecule has 0 aliphatic carbocycles. The van der Waals surface area contributed by atoms with Crippen molar-refractivity contribution < 1.29 is 9.53 Å². The van der Waals surface area contributed by atoms with Crippen molar-refractivity contribution in [1.29, 1.82) is 0 Å². The molecule has 1 aliphatic heterocycles. The molecule has 1 amide bonds. The summed E-state index contributed by atoms with van der Waals surface area (Å²) in [4.78, 5) is 12.1. The Kier molecular flexibility index (Phi) is 4.80. The van der Waals surface area contributed by atoms with Crippen LogP contribution in [0.5, 0.6) is 0 Å². The zero-order valence-corrected chi connectivity index (χ0v) is 11.7. The van der Waals surface area contributed by atoms with E-state index in [1.807, 2.05) is 31.2 Å². The topological polar surface area (TPSA) is 64.4 Å². The van der Waals surface area contributed by atoms with Gasteiger partial charge in [-0.15, -0.1) is 0 Å². The first kappa shape index (κ1) is 14.3. The molecule has 1 aromatic carbocycles. The van der Waals surface area contributed by atoms with Gasteiger partial charge >= 0.3 is 0 Å². The minimum absolute atomic E-state index is 0.0113. The highest BCUT2D eigenvalue weighted by molar-refractivity contribution is 6.30. The average Bonchev–Trinajstić information content (AvgIpc) is 2.87. The number of benzene rings is 1. The number of halogens is 1. The zero-order chi connectivity index (χ0) is 13.8. The third-order valence-electron chi connectivity index (χ3n) is 3.37. The molecule has 5 heteroatoms. The van der Waals surface area contributed by atoms with E-state index in [0.717, 1.165) is 18.4 Å². The Hall–Kier alpha value is -1.10. The summed E-state index contributed by atoms with van der Waals surface area (Å²) in [6.45, 7) is 2.40. The largest absolute Gasteiger partial charge is 0.364 e. The number of amides is 1. The molecule has 1 saturated heterocycles. The fourth-order valence-corrected chi connectivity index (χ4v) is 2.44. The van der Waals surface area contributed by atoms with Crippen LogP contribution < -0.4 is 11.1 Å². The Morgan fingerprint density at radius 3 is 3.00 bits per heavy atom. The first-order valence-electron chi connectivity index (χ1n) is 6.51. The molecule has 19 heavy (non-hydrogen) atoms. The van der Waals surface area contributed by atoms with Crippen LogP contribution in [0, 0.1) is 0 Å². The summed E-state index contributed by atoms with van der Waals surface area (Å²) in [5.41, 5.74) is 6.51. The number of rotatable bonds is 4. The second-order valence-corrected chi connectivity index (χ2v) is 5.28. The molecule has 1 aliphatic rings. The number of nitrogens with one attached hydrogen (secondary N) is 1. The quantitative estimate of drug-likeness (QED) is 0.888. The van der Waals surface area contributed by atoms with Gasteiger partial charge in [0.2, 0.25) is 5.91 Å². The molecule has 0 aromatic heterocycles. The molecular weight excluding hydrogens is 264 g/mol. The molecule has 104 valence electrons. The summed E-state index contributed by atoms with van der Waals surface area (Å²) in [7, 11) is 0. The molecule has 0 saturated carbocycles. The number of ether oxygens (including phenoxy) is 1. The van der Waals surface area contributed by atoms with Crippen LogP contribution in [0.1, 0.15) is 31.4 Å². The second-order valence-electron chi connectivity index (χ2n) is 4.85. The fraction of sp³-hybridized carbons (Fsp3) is 0.500. The van der Waals surface area contributed by atoms with Crippen molar-refractivity contribution in [1.82, 2.24) is 5.32 Å². The minimum Gasteiger partial charge on any atom is -0.364 e. The minimum atomic E-state index is -0.379. The summed E-state index contributed by atoms with van der Waals surface area (Å²) in [5, 5.41) is 3.61. The van der Waals surface area contributed by atoms with Crippen molar-refractivity contribution in [2.24, 2.45) is 5.73 Å². The van der Waals surface area contributed by atoms with Crippen molar-refractivity contribution in [2.45, 2.75) is 38.0 Å². The second kappa shape index (κ2) is 6.37. The van der Waals surface area contributed by atoms with Gasteiger partial charge in [-0.3, -0.25) is 4.79 Å². The number of hydrogen-bond donors (Lipinski definition) is 2. The highest BCUT2D eigenvalue weighted by atomic mass is 35.5. The van der Waals surface area contributed by atoms with Crippen LogP contribution in [-0.2, 0) is 9.53 Å². The molecule has 2 rings (SSSR count). The van der Waals surface area contributed by atoms with E-state index in [-0.39, 0.29) is 24.2 Å². The molecule has 3 atom stereocenters. The van der Waals surface area contributed by atoms with Gasteiger partial charge in [0.05, 0.1) is 12.1 Å². The van der Waals surface area contributed by atoms with Gasteiger partial charge in [0.25, 0.3) is 0 Å². The summed E-state index contributed by atoms with van der Waals surface area (Å²) in [5.74, 6) is -0.0802.